The molecule has 0 unspecified atom stereocenters. The Morgan fingerprint density at radius 2 is 1.88 bits per heavy atom. The van der Waals surface area contributed by atoms with Gasteiger partial charge in [0.2, 0.25) is 5.43 Å². The summed E-state index contributed by atoms with van der Waals surface area (Å²) in [5.41, 5.74) is 0.0663. The molecule has 1 aliphatic rings. The molecule has 1 aliphatic carbocycles. The van der Waals surface area contributed by atoms with Crippen molar-refractivity contribution in [1.82, 2.24) is 4.57 Å². The molecule has 24 heavy (non-hydrogen) atoms. The predicted octanol–water partition coefficient (Wildman–Crippen LogP) is 3.88. The lowest BCUT2D eigenvalue weighted by atomic mass is 10.0. The van der Waals surface area contributed by atoms with Crippen molar-refractivity contribution >= 4 is 16.9 Å². The van der Waals surface area contributed by atoms with E-state index in [1.165, 1.54) is 0 Å². The number of esters is 1. The lowest BCUT2D eigenvalue weighted by Crippen LogP contribution is -2.26. The van der Waals surface area contributed by atoms with Crippen LogP contribution < -0.4 is 5.43 Å². The minimum atomic E-state index is -1.10. The van der Waals surface area contributed by atoms with E-state index in [-0.39, 0.29) is 23.6 Å². The molecule has 0 N–H and O–H groups in total. The van der Waals surface area contributed by atoms with Crippen molar-refractivity contribution in [2.75, 3.05) is 6.61 Å². The zero-order valence-electron chi connectivity index (χ0n) is 13.7. The number of hydrogen-bond donors (Lipinski definition) is 0. The second-order valence-corrected chi connectivity index (χ2v) is 6.10. The number of pyridine rings is 1. The van der Waals surface area contributed by atoms with Gasteiger partial charge in [-0.1, -0.05) is 12.8 Å². The van der Waals surface area contributed by atoms with Gasteiger partial charge in [0.05, 0.1) is 12.1 Å². The minimum absolute atomic E-state index is 0.00875. The summed E-state index contributed by atoms with van der Waals surface area (Å²) in [6.45, 7) is 3.45. The summed E-state index contributed by atoms with van der Waals surface area (Å²) < 4.78 is 34.3. The van der Waals surface area contributed by atoms with E-state index in [0.29, 0.717) is 11.2 Å². The first-order valence-electron chi connectivity index (χ1n) is 8.16. The number of carbonyl (C=O) groups is 1. The molecule has 1 saturated carbocycles. The highest BCUT2D eigenvalue weighted by atomic mass is 19.2. The van der Waals surface area contributed by atoms with Gasteiger partial charge < -0.3 is 9.30 Å². The molecule has 0 amide bonds. The van der Waals surface area contributed by atoms with Crippen LogP contribution in [0.15, 0.2) is 16.9 Å². The van der Waals surface area contributed by atoms with Crippen molar-refractivity contribution in [2.45, 2.75) is 45.6 Å². The molecule has 4 nitrogen and oxygen atoms in total. The zero-order chi connectivity index (χ0) is 17.4. The molecule has 0 bridgehead atoms. The van der Waals surface area contributed by atoms with Crippen LogP contribution in [-0.4, -0.2) is 17.1 Å². The number of rotatable bonds is 3. The second-order valence-electron chi connectivity index (χ2n) is 6.10. The third-order valence-electron chi connectivity index (χ3n) is 4.66. The third-order valence-corrected chi connectivity index (χ3v) is 4.66. The maximum atomic E-state index is 13.8. The molecule has 128 valence electrons. The van der Waals surface area contributed by atoms with Crippen LogP contribution in [0.2, 0.25) is 0 Å². The number of aromatic nitrogens is 1. The maximum absolute atomic E-state index is 13.8. The average Bonchev–Trinajstić information content (AvgIpc) is 3.04. The number of fused-ring (bicyclic) bond motifs is 1. The summed E-state index contributed by atoms with van der Waals surface area (Å²) in [4.78, 5) is 24.9. The number of ether oxygens (including phenoxy) is 1. The normalized spacial score (nSPS) is 15.2. The molecule has 0 aliphatic heterocycles. The first kappa shape index (κ1) is 16.6. The fraction of sp³-hybridized carbons (Fsp3) is 0.444. The largest absolute Gasteiger partial charge is 0.462 e. The van der Waals surface area contributed by atoms with Crippen LogP contribution >= 0.6 is 0 Å². The van der Waals surface area contributed by atoms with E-state index >= 15 is 0 Å². The van der Waals surface area contributed by atoms with Gasteiger partial charge in [0.25, 0.3) is 0 Å². The Morgan fingerprint density at radius 3 is 2.50 bits per heavy atom. The van der Waals surface area contributed by atoms with Gasteiger partial charge in [-0.25, -0.2) is 13.6 Å². The van der Waals surface area contributed by atoms with Crippen molar-refractivity contribution in [1.29, 1.82) is 0 Å². The van der Waals surface area contributed by atoms with Crippen LogP contribution in [0, 0.1) is 18.6 Å². The van der Waals surface area contributed by atoms with Crippen LogP contribution in [0.5, 0.6) is 0 Å². The Kier molecular flexibility index (Phi) is 4.39. The van der Waals surface area contributed by atoms with Crippen molar-refractivity contribution in [3.63, 3.8) is 0 Å². The lowest BCUT2D eigenvalue weighted by Gasteiger charge is -2.23. The van der Waals surface area contributed by atoms with Gasteiger partial charge in [-0.15, -0.1) is 0 Å². The first-order chi connectivity index (χ1) is 11.5. The SMILES string of the molecule is CCOC(=O)c1c(C)n(C2CCCC2)c2cc(F)c(F)cc2c1=O. The third kappa shape index (κ3) is 2.60. The molecule has 1 heterocycles. The average molecular weight is 335 g/mol. The van der Waals surface area contributed by atoms with Crippen molar-refractivity contribution in [3.8, 4) is 0 Å². The number of nitrogens with zero attached hydrogens (tertiary/aromatic N) is 1. The monoisotopic (exact) mass is 335 g/mol. The standard InChI is InChI=1S/C18H19F2NO3/c1-3-24-18(23)16-10(2)21(11-6-4-5-7-11)15-9-14(20)13(19)8-12(15)17(16)22/h8-9,11H,3-7H2,1-2H3. The molecule has 0 atom stereocenters. The van der Waals surface area contributed by atoms with Gasteiger partial charge in [-0.05, 0) is 32.8 Å². The molecular formula is C18H19F2NO3. The Bertz CT molecular complexity index is 867. The van der Waals surface area contributed by atoms with Gasteiger partial charge >= 0.3 is 5.97 Å². The molecular weight excluding hydrogens is 316 g/mol. The van der Waals surface area contributed by atoms with E-state index in [4.69, 9.17) is 4.74 Å². The molecule has 1 fully saturated rings. The fourth-order valence-electron chi connectivity index (χ4n) is 3.59. The highest BCUT2D eigenvalue weighted by molar-refractivity contribution is 5.95. The fourth-order valence-corrected chi connectivity index (χ4v) is 3.59. The molecule has 3 rings (SSSR count). The Morgan fingerprint density at radius 1 is 1.25 bits per heavy atom. The number of hydrogen-bond acceptors (Lipinski definition) is 3. The van der Waals surface area contributed by atoms with Crippen LogP contribution in [0.3, 0.4) is 0 Å². The Hall–Kier alpha value is -2.24. The molecule has 6 heteroatoms. The van der Waals surface area contributed by atoms with Gasteiger partial charge in [0, 0.05) is 23.2 Å². The van der Waals surface area contributed by atoms with E-state index in [1.54, 1.807) is 18.4 Å². The molecule has 0 saturated heterocycles. The van der Waals surface area contributed by atoms with E-state index in [9.17, 15) is 18.4 Å². The number of carbonyl (C=O) groups excluding carboxylic acids is 1. The van der Waals surface area contributed by atoms with Crippen LogP contribution in [0.25, 0.3) is 10.9 Å². The molecule has 1 aromatic carbocycles. The van der Waals surface area contributed by atoms with E-state index in [0.717, 1.165) is 37.8 Å². The van der Waals surface area contributed by atoms with Crippen LogP contribution in [-0.2, 0) is 4.74 Å². The Balaban J connectivity index is 2.39. The van der Waals surface area contributed by atoms with Crippen molar-refractivity contribution in [3.05, 3.63) is 45.2 Å². The summed E-state index contributed by atoms with van der Waals surface area (Å²) in [6.07, 6.45) is 3.80. The molecule has 0 radical (unpaired) electrons. The quantitative estimate of drug-likeness (QED) is 0.800. The number of benzene rings is 1. The van der Waals surface area contributed by atoms with Gasteiger partial charge in [0.1, 0.15) is 5.56 Å². The molecule has 1 aromatic heterocycles. The predicted molar refractivity (Wildman–Crippen MR) is 86.3 cm³/mol. The summed E-state index contributed by atoms with van der Waals surface area (Å²) in [5, 5.41) is 0.00875. The van der Waals surface area contributed by atoms with Gasteiger partial charge in [-0.3, -0.25) is 4.79 Å². The second kappa shape index (κ2) is 6.34. The smallest absolute Gasteiger partial charge is 0.343 e. The van der Waals surface area contributed by atoms with Gasteiger partial charge in [-0.2, -0.15) is 0 Å². The summed E-state index contributed by atoms with van der Waals surface area (Å²) in [6, 6.07) is 1.98. The topological polar surface area (TPSA) is 48.3 Å². The molecule has 2 aromatic rings. The van der Waals surface area contributed by atoms with Crippen LogP contribution in [0.1, 0.15) is 54.7 Å². The Labute approximate surface area is 138 Å². The summed E-state index contributed by atoms with van der Waals surface area (Å²) >= 11 is 0. The number of halogens is 2. The van der Waals surface area contributed by atoms with Crippen molar-refractivity contribution in [2.24, 2.45) is 0 Å². The molecule has 0 spiro atoms. The summed E-state index contributed by atoms with van der Waals surface area (Å²) in [7, 11) is 0. The lowest BCUT2D eigenvalue weighted by molar-refractivity contribution is 0.0523. The van der Waals surface area contributed by atoms with Crippen LogP contribution in [0.4, 0.5) is 8.78 Å². The van der Waals surface area contributed by atoms with Gasteiger partial charge in [0.15, 0.2) is 11.6 Å². The zero-order valence-corrected chi connectivity index (χ0v) is 13.7. The highest BCUT2D eigenvalue weighted by Gasteiger charge is 2.27. The van der Waals surface area contributed by atoms with E-state index in [2.05, 4.69) is 0 Å². The van der Waals surface area contributed by atoms with E-state index in [1.807, 2.05) is 0 Å². The first-order valence-corrected chi connectivity index (χ1v) is 8.16. The van der Waals surface area contributed by atoms with Crippen molar-refractivity contribution < 1.29 is 18.3 Å². The highest BCUT2D eigenvalue weighted by Crippen LogP contribution is 2.34. The summed E-state index contributed by atoms with van der Waals surface area (Å²) in [5.74, 6) is -2.83. The maximum Gasteiger partial charge on any atom is 0.343 e. The minimum Gasteiger partial charge on any atom is -0.462 e. The van der Waals surface area contributed by atoms with E-state index < -0.39 is 23.0 Å².